The van der Waals surface area contributed by atoms with Crippen molar-refractivity contribution in [3.63, 3.8) is 0 Å². The molecule has 0 saturated carbocycles. The second kappa shape index (κ2) is 26.2. The number of carbonyl (C=O) groups is 2. The number of ether oxygens (including phenoxy) is 3. The Hall–Kier alpha value is -2.74. The van der Waals surface area contributed by atoms with Crippen LogP contribution in [0.5, 0.6) is 17.2 Å². The number of hydrogen-bond acceptors (Lipinski definition) is 5. The number of hydrogen-bond donors (Lipinski definition) is 2. The summed E-state index contributed by atoms with van der Waals surface area (Å²) in [5, 5.41) is 0.705. The molecule has 2 amide bonds. The van der Waals surface area contributed by atoms with Gasteiger partial charge < -0.3 is 14.2 Å². The first-order valence-corrected chi connectivity index (χ1v) is 19.5. The number of benzene rings is 2. The van der Waals surface area contributed by atoms with Crippen LogP contribution in [0.4, 0.5) is 0 Å². The van der Waals surface area contributed by atoms with E-state index in [9.17, 15) is 9.59 Å². The van der Waals surface area contributed by atoms with Crippen LogP contribution in [0.2, 0.25) is 0 Å². The molecule has 7 nitrogen and oxygen atoms in total. The molecule has 0 aromatic heterocycles. The number of unbranched alkanes of at least 4 members (excludes halogenated alkanes) is 15. The van der Waals surface area contributed by atoms with E-state index in [1.807, 2.05) is 12.1 Å². The SMILES string of the molecule is CCCCCCCCOc1cc(C(=O)NNC(=O)c2ccc(CBr)cc2)cc(OCCCCCCCC)c1OCCCCCCCC. The maximum atomic E-state index is 13.4. The van der Waals surface area contributed by atoms with Gasteiger partial charge in [0.25, 0.3) is 11.8 Å². The molecule has 0 unspecified atom stereocenters. The van der Waals surface area contributed by atoms with Gasteiger partial charge >= 0.3 is 0 Å². The van der Waals surface area contributed by atoms with Crippen molar-refractivity contribution in [3.05, 3.63) is 53.1 Å². The predicted octanol–water partition coefficient (Wildman–Crippen LogP) is 10.9. The van der Waals surface area contributed by atoms with E-state index in [0.29, 0.717) is 53.5 Å². The molecule has 2 rings (SSSR count). The number of amides is 2. The summed E-state index contributed by atoms with van der Waals surface area (Å²) >= 11 is 3.42. The molecule has 0 aliphatic carbocycles. The Morgan fingerprint density at radius 2 is 0.915 bits per heavy atom. The fourth-order valence-electron chi connectivity index (χ4n) is 5.25. The van der Waals surface area contributed by atoms with Crippen molar-refractivity contribution in [1.82, 2.24) is 10.9 Å². The average Bonchev–Trinajstić information content (AvgIpc) is 3.09. The van der Waals surface area contributed by atoms with Gasteiger partial charge in [-0.05, 0) is 49.1 Å². The highest BCUT2D eigenvalue weighted by molar-refractivity contribution is 9.08. The van der Waals surface area contributed by atoms with Crippen LogP contribution in [0.15, 0.2) is 36.4 Å². The maximum absolute atomic E-state index is 13.4. The molecule has 0 spiro atoms. The van der Waals surface area contributed by atoms with Crippen LogP contribution in [0.3, 0.4) is 0 Å². The van der Waals surface area contributed by atoms with Crippen LogP contribution >= 0.6 is 15.9 Å². The number of carbonyl (C=O) groups excluding carboxylic acids is 2. The molecule has 0 atom stereocenters. The van der Waals surface area contributed by atoms with Gasteiger partial charge in [-0.25, -0.2) is 0 Å². The lowest BCUT2D eigenvalue weighted by Gasteiger charge is -2.19. The van der Waals surface area contributed by atoms with Crippen molar-refractivity contribution < 1.29 is 23.8 Å². The molecule has 0 fully saturated rings. The first kappa shape index (κ1) is 40.4. The van der Waals surface area contributed by atoms with Crippen LogP contribution in [-0.2, 0) is 5.33 Å². The fraction of sp³-hybridized carbons (Fsp3) is 0.641. The second-order valence-electron chi connectivity index (χ2n) is 12.4. The third-order valence-corrected chi connectivity index (χ3v) is 8.85. The smallest absolute Gasteiger partial charge is 0.269 e. The Morgan fingerprint density at radius 3 is 1.34 bits per heavy atom. The van der Waals surface area contributed by atoms with Gasteiger partial charge in [-0.1, -0.05) is 145 Å². The van der Waals surface area contributed by atoms with E-state index in [1.54, 1.807) is 24.3 Å². The summed E-state index contributed by atoms with van der Waals surface area (Å²) in [5.74, 6) is 0.728. The molecule has 8 heteroatoms. The first-order chi connectivity index (χ1) is 23.0. The van der Waals surface area contributed by atoms with Gasteiger partial charge in [-0.3, -0.25) is 20.4 Å². The molecule has 2 N–H and O–H groups in total. The summed E-state index contributed by atoms with van der Waals surface area (Å²) in [5.41, 5.74) is 6.96. The fourth-order valence-corrected chi connectivity index (χ4v) is 5.63. The number of halogens is 1. The number of nitrogens with one attached hydrogen (secondary N) is 2. The third kappa shape index (κ3) is 17.3. The van der Waals surface area contributed by atoms with E-state index in [1.165, 1.54) is 77.0 Å². The van der Waals surface area contributed by atoms with Crippen molar-refractivity contribution in [2.45, 2.75) is 142 Å². The molecule has 47 heavy (non-hydrogen) atoms. The topological polar surface area (TPSA) is 85.9 Å². The highest BCUT2D eigenvalue weighted by atomic mass is 79.9. The Balaban J connectivity index is 2.19. The van der Waals surface area contributed by atoms with Crippen LogP contribution in [0.1, 0.15) is 163 Å². The summed E-state index contributed by atoms with van der Waals surface area (Å²) < 4.78 is 18.9. The molecule has 0 aliphatic rings. The maximum Gasteiger partial charge on any atom is 0.269 e. The summed E-state index contributed by atoms with van der Waals surface area (Å²) in [7, 11) is 0. The van der Waals surface area contributed by atoms with Gasteiger partial charge in [0, 0.05) is 16.5 Å². The van der Waals surface area contributed by atoms with Crippen molar-refractivity contribution in [3.8, 4) is 17.2 Å². The van der Waals surface area contributed by atoms with E-state index in [0.717, 1.165) is 44.1 Å². The van der Waals surface area contributed by atoms with Crippen molar-refractivity contribution >= 4 is 27.7 Å². The van der Waals surface area contributed by atoms with Gasteiger partial charge in [0.15, 0.2) is 11.5 Å². The zero-order valence-electron chi connectivity index (χ0n) is 29.4. The van der Waals surface area contributed by atoms with Crippen LogP contribution < -0.4 is 25.1 Å². The van der Waals surface area contributed by atoms with E-state index in [2.05, 4.69) is 47.6 Å². The summed E-state index contributed by atoms with van der Waals surface area (Å²) in [6, 6.07) is 10.6. The normalized spacial score (nSPS) is 10.9. The van der Waals surface area contributed by atoms with Crippen molar-refractivity contribution in [2.24, 2.45) is 0 Å². The number of alkyl halides is 1. The average molecular weight is 718 g/mol. The monoisotopic (exact) mass is 716 g/mol. The predicted molar refractivity (Wildman–Crippen MR) is 197 cm³/mol. The Bertz CT molecular complexity index is 1090. The van der Waals surface area contributed by atoms with Crippen LogP contribution in [0, 0.1) is 0 Å². The summed E-state index contributed by atoms with van der Waals surface area (Å²) in [6.07, 6.45) is 20.8. The molecule has 0 radical (unpaired) electrons. The highest BCUT2D eigenvalue weighted by Crippen LogP contribution is 2.39. The molecule has 2 aromatic carbocycles. The lowest BCUT2D eigenvalue weighted by Crippen LogP contribution is -2.41. The molecule has 2 aromatic rings. The molecule has 264 valence electrons. The van der Waals surface area contributed by atoms with Crippen LogP contribution in [0.25, 0.3) is 0 Å². The van der Waals surface area contributed by atoms with Gasteiger partial charge in [0.1, 0.15) is 0 Å². The van der Waals surface area contributed by atoms with Gasteiger partial charge in [-0.15, -0.1) is 0 Å². The molecule has 0 bridgehead atoms. The van der Waals surface area contributed by atoms with Gasteiger partial charge in [0.2, 0.25) is 5.75 Å². The summed E-state index contributed by atoms with van der Waals surface area (Å²) in [4.78, 5) is 26.1. The zero-order chi connectivity index (χ0) is 34.0. The largest absolute Gasteiger partial charge is 0.490 e. The highest BCUT2D eigenvalue weighted by Gasteiger charge is 2.20. The Labute approximate surface area is 293 Å². The quantitative estimate of drug-likeness (QED) is 0.0546. The zero-order valence-corrected chi connectivity index (χ0v) is 31.0. The molecule has 0 heterocycles. The molecular weight excluding hydrogens is 656 g/mol. The molecule has 0 saturated heterocycles. The number of hydrazine groups is 1. The van der Waals surface area contributed by atoms with Gasteiger partial charge in [-0.2, -0.15) is 0 Å². The lowest BCUT2D eigenvalue weighted by molar-refractivity contribution is 0.0846. The van der Waals surface area contributed by atoms with Crippen LogP contribution in [-0.4, -0.2) is 31.6 Å². The first-order valence-electron chi connectivity index (χ1n) is 18.4. The molecular formula is C39H61BrN2O5. The van der Waals surface area contributed by atoms with Gasteiger partial charge in [0.05, 0.1) is 19.8 Å². The van der Waals surface area contributed by atoms with E-state index >= 15 is 0 Å². The van der Waals surface area contributed by atoms with E-state index in [-0.39, 0.29) is 0 Å². The van der Waals surface area contributed by atoms with Crippen molar-refractivity contribution in [2.75, 3.05) is 19.8 Å². The Kier molecular flexibility index (Phi) is 22.6. The van der Waals surface area contributed by atoms with E-state index in [4.69, 9.17) is 14.2 Å². The number of rotatable bonds is 27. The second-order valence-corrected chi connectivity index (χ2v) is 12.9. The minimum atomic E-state index is -0.452. The molecule has 0 aliphatic heterocycles. The minimum absolute atomic E-state index is 0.336. The summed E-state index contributed by atoms with van der Waals surface area (Å²) in [6.45, 7) is 8.29. The third-order valence-electron chi connectivity index (χ3n) is 8.20. The Morgan fingerprint density at radius 1 is 0.532 bits per heavy atom. The lowest BCUT2D eigenvalue weighted by atomic mass is 10.1. The van der Waals surface area contributed by atoms with E-state index < -0.39 is 11.8 Å². The van der Waals surface area contributed by atoms with Crippen molar-refractivity contribution in [1.29, 1.82) is 0 Å². The standard InChI is InChI=1S/C39H61BrN2O5/c1-4-7-10-13-16-19-26-45-35-29-34(39(44)42-41-38(43)33-24-22-32(31-40)23-25-33)30-36(46-27-20-17-14-11-8-5-2)37(35)47-28-21-18-15-12-9-6-3/h22-25,29-30H,4-21,26-28,31H2,1-3H3,(H,41,43)(H,42,44). The minimum Gasteiger partial charge on any atom is -0.490 e.